The summed E-state index contributed by atoms with van der Waals surface area (Å²) in [6, 6.07) is 14.3. The number of hydrogen-bond acceptors (Lipinski definition) is 4. The number of halogens is 1. The molecular formula is C22H30FNO3. The minimum Gasteiger partial charge on any atom is -0.505 e. The Balaban J connectivity index is 1.41. The van der Waals surface area contributed by atoms with Gasteiger partial charge in [-0.25, -0.2) is 4.39 Å². The summed E-state index contributed by atoms with van der Waals surface area (Å²) in [6.07, 6.45) is 4.50. The minimum absolute atomic E-state index is 0.368. The summed E-state index contributed by atoms with van der Waals surface area (Å²) in [6.45, 7) is 2.74. The van der Waals surface area contributed by atoms with E-state index in [-0.39, 0.29) is 0 Å². The molecule has 0 amide bonds. The number of hydrogen-bond donors (Lipinski definition) is 3. The first kappa shape index (κ1) is 21.4. The van der Waals surface area contributed by atoms with E-state index in [9.17, 15) is 9.50 Å². The Labute approximate surface area is 161 Å². The minimum atomic E-state index is -0.780. The van der Waals surface area contributed by atoms with Crippen LogP contribution >= 0.6 is 0 Å². The lowest BCUT2D eigenvalue weighted by molar-refractivity contribution is 0.133. The number of aromatic hydroxyl groups is 1. The van der Waals surface area contributed by atoms with E-state index in [1.165, 1.54) is 23.8 Å². The Bertz CT molecular complexity index is 651. The van der Waals surface area contributed by atoms with Crippen molar-refractivity contribution in [2.75, 3.05) is 26.3 Å². The highest BCUT2D eigenvalue weighted by atomic mass is 19.1. The number of benzene rings is 2. The van der Waals surface area contributed by atoms with E-state index in [2.05, 4.69) is 17.4 Å². The molecule has 0 aromatic heterocycles. The fraction of sp³-hybridized carbons (Fsp3) is 0.455. The van der Waals surface area contributed by atoms with Gasteiger partial charge in [-0.15, -0.1) is 0 Å². The average Bonchev–Trinajstić information content (AvgIpc) is 2.68. The highest BCUT2D eigenvalue weighted by molar-refractivity contribution is 5.29. The summed E-state index contributed by atoms with van der Waals surface area (Å²) >= 11 is 0. The summed E-state index contributed by atoms with van der Waals surface area (Å²) in [5, 5.41) is 22.4. The SMILES string of the molecule is Oc1ccc(C(O)CNCCCCCCOCCc2ccccc2)cc1F. The highest BCUT2D eigenvalue weighted by Gasteiger charge is 2.09. The van der Waals surface area contributed by atoms with Crippen LogP contribution < -0.4 is 5.32 Å². The fourth-order valence-electron chi connectivity index (χ4n) is 2.83. The molecule has 0 bridgehead atoms. The van der Waals surface area contributed by atoms with Crippen LogP contribution in [0.4, 0.5) is 4.39 Å². The molecule has 4 nitrogen and oxygen atoms in total. The van der Waals surface area contributed by atoms with Gasteiger partial charge in [-0.3, -0.25) is 0 Å². The zero-order chi connectivity index (χ0) is 19.3. The first-order valence-corrected chi connectivity index (χ1v) is 9.65. The number of ether oxygens (including phenoxy) is 1. The van der Waals surface area contributed by atoms with E-state index in [0.717, 1.165) is 51.9 Å². The number of phenolic OH excluding ortho intramolecular Hbond substituents is 1. The lowest BCUT2D eigenvalue weighted by Crippen LogP contribution is -2.22. The van der Waals surface area contributed by atoms with Crippen molar-refractivity contribution in [2.45, 2.75) is 38.2 Å². The summed E-state index contributed by atoms with van der Waals surface area (Å²) in [5.41, 5.74) is 1.77. The zero-order valence-corrected chi connectivity index (χ0v) is 15.7. The number of rotatable bonds is 13. The molecule has 0 saturated carbocycles. The van der Waals surface area contributed by atoms with Crippen LogP contribution in [0, 0.1) is 5.82 Å². The smallest absolute Gasteiger partial charge is 0.165 e. The van der Waals surface area contributed by atoms with Crippen molar-refractivity contribution in [1.82, 2.24) is 5.32 Å². The largest absolute Gasteiger partial charge is 0.505 e. The molecule has 2 rings (SSSR count). The van der Waals surface area contributed by atoms with Gasteiger partial charge in [-0.2, -0.15) is 0 Å². The van der Waals surface area contributed by atoms with Crippen LogP contribution in [0.2, 0.25) is 0 Å². The zero-order valence-electron chi connectivity index (χ0n) is 15.7. The van der Waals surface area contributed by atoms with E-state index in [4.69, 9.17) is 9.84 Å². The molecule has 0 saturated heterocycles. The second-order valence-corrected chi connectivity index (χ2v) is 6.69. The summed E-state index contributed by atoms with van der Waals surface area (Å²) in [7, 11) is 0. The van der Waals surface area contributed by atoms with Gasteiger partial charge in [0.15, 0.2) is 11.6 Å². The van der Waals surface area contributed by atoms with Crippen molar-refractivity contribution < 1.29 is 19.3 Å². The predicted molar refractivity (Wildman–Crippen MR) is 105 cm³/mol. The van der Waals surface area contributed by atoms with Crippen molar-refractivity contribution in [2.24, 2.45) is 0 Å². The molecular weight excluding hydrogens is 345 g/mol. The maximum absolute atomic E-state index is 13.3. The van der Waals surface area contributed by atoms with E-state index >= 15 is 0 Å². The van der Waals surface area contributed by atoms with Crippen molar-refractivity contribution in [3.05, 3.63) is 65.5 Å². The van der Waals surface area contributed by atoms with E-state index in [1.807, 2.05) is 18.2 Å². The molecule has 5 heteroatoms. The third kappa shape index (κ3) is 8.52. The standard InChI is InChI=1S/C22H30FNO3/c23-20-16-19(10-11-21(20)25)22(26)17-24-13-6-1-2-7-14-27-15-12-18-8-4-3-5-9-18/h3-5,8-11,16,22,24-26H,1-2,6-7,12-15,17H2. The van der Waals surface area contributed by atoms with Gasteiger partial charge in [-0.05, 0) is 49.1 Å². The maximum atomic E-state index is 13.3. The van der Waals surface area contributed by atoms with Crippen LogP contribution in [0.3, 0.4) is 0 Å². The van der Waals surface area contributed by atoms with E-state index in [0.29, 0.717) is 12.1 Å². The van der Waals surface area contributed by atoms with Gasteiger partial charge < -0.3 is 20.3 Å². The summed E-state index contributed by atoms with van der Waals surface area (Å²) in [4.78, 5) is 0. The van der Waals surface area contributed by atoms with Crippen LogP contribution in [0.25, 0.3) is 0 Å². The molecule has 0 fully saturated rings. The quantitative estimate of drug-likeness (QED) is 0.464. The van der Waals surface area contributed by atoms with Gasteiger partial charge in [-0.1, -0.05) is 49.2 Å². The Morgan fingerprint density at radius 3 is 2.52 bits per heavy atom. The van der Waals surface area contributed by atoms with Crippen molar-refractivity contribution in [1.29, 1.82) is 0 Å². The second kappa shape index (κ2) is 12.4. The normalized spacial score (nSPS) is 12.2. The molecule has 0 aliphatic heterocycles. The van der Waals surface area contributed by atoms with Gasteiger partial charge in [0.2, 0.25) is 0 Å². The van der Waals surface area contributed by atoms with Gasteiger partial charge >= 0.3 is 0 Å². The third-order valence-electron chi connectivity index (χ3n) is 4.46. The third-order valence-corrected chi connectivity index (χ3v) is 4.46. The second-order valence-electron chi connectivity index (χ2n) is 6.69. The first-order chi connectivity index (χ1) is 13.2. The predicted octanol–water partition coefficient (Wildman–Crippen LogP) is 3.97. The van der Waals surface area contributed by atoms with Crippen LogP contribution in [-0.2, 0) is 11.2 Å². The molecule has 0 radical (unpaired) electrons. The lowest BCUT2D eigenvalue weighted by atomic mass is 10.1. The molecule has 0 heterocycles. The van der Waals surface area contributed by atoms with Crippen LogP contribution in [-0.4, -0.2) is 36.5 Å². The van der Waals surface area contributed by atoms with Crippen LogP contribution in [0.5, 0.6) is 5.75 Å². The molecule has 27 heavy (non-hydrogen) atoms. The molecule has 0 aliphatic rings. The number of unbranched alkanes of at least 4 members (excludes halogenated alkanes) is 3. The monoisotopic (exact) mass is 375 g/mol. The van der Waals surface area contributed by atoms with Crippen molar-refractivity contribution >= 4 is 0 Å². The molecule has 0 spiro atoms. The maximum Gasteiger partial charge on any atom is 0.165 e. The Morgan fingerprint density at radius 1 is 0.963 bits per heavy atom. The van der Waals surface area contributed by atoms with Crippen LogP contribution in [0.15, 0.2) is 48.5 Å². The van der Waals surface area contributed by atoms with Gasteiger partial charge in [0.1, 0.15) is 0 Å². The Morgan fingerprint density at radius 2 is 1.74 bits per heavy atom. The van der Waals surface area contributed by atoms with Gasteiger partial charge in [0.25, 0.3) is 0 Å². The van der Waals surface area contributed by atoms with Crippen molar-refractivity contribution in [3.8, 4) is 5.75 Å². The number of nitrogens with one attached hydrogen (secondary N) is 1. The Hall–Kier alpha value is -1.95. The fourth-order valence-corrected chi connectivity index (χ4v) is 2.83. The first-order valence-electron chi connectivity index (χ1n) is 9.65. The van der Waals surface area contributed by atoms with Gasteiger partial charge in [0, 0.05) is 13.2 Å². The number of aliphatic hydroxyl groups is 1. The topological polar surface area (TPSA) is 61.7 Å². The molecule has 148 valence electrons. The van der Waals surface area contributed by atoms with Crippen LogP contribution in [0.1, 0.15) is 42.9 Å². The Kier molecular flexibility index (Phi) is 9.84. The molecule has 1 atom stereocenters. The van der Waals surface area contributed by atoms with E-state index < -0.39 is 17.7 Å². The average molecular weight is 375 g/mol. The molecule has 2 aromatic rings. The number of aliphatic hydroxyl groups excluding tert-OH is 1. The van der Waals surface area contributed by atoms with Gasteiger partial charge in [0.05, 0.1) is 12.7 Å². The molecule has 3 N–H and O–H groups in total. The molecule has 0 aliphatic carbocycles. The highest BCUT2D eigenvalue weighted by Crippen LogP contribution is 2.20. The molecule has 1 unspecified atom stereocenters. The van der Waals surface area contributed by atoms with Crippen molar-refractivity contribution in [3.63, 3.8) is 0 Å². The number of phenols is 1. The molecule has 2 aromatic carbocycles. The summed E-state index contributed by atoms with van der Waals surface area (Å²) in [5.74, 6) is -1.11. The lowest BCUT2D eigenvalue weighted by Gasteiger charge is -2.12. The van der Waals surface area contributed by atoms with E-state index in [1.54, 1.807) is 0 Å². The summed E-state index contributed by atoms with van der Waals surface area (Å²) < 4.78 is 18.9.